The summed E-state index contributed by atoms with van der Waals surface area (Å²) in [6.45, 7) is 2.74. The molecule has 0 bridgehead atoms. The fraction of sp³-hybridized carbons (Fsp3) is 0.214. The monoisotopic (exact) mass is 533 g/mol. The molecule has 0 aliphatic carbocycles. The first-order valence-electron chi connectivity index (χ1n) is 12.2. The van der Waals surface area contributed by atoms with Crippen LogP contribution in [0.5, 0.6) is 0 Å². The second-order valence-corrected chi connectivity index (χ2v) is 11.0. The van der Waals surface area contributed by atoms with Crippen molar-refractivity contribution in [3.63, 3.8) is 0 Å². The van der Waals surface area contributed by atoms with Gasteiger partial charge >= 0.3 is 0 Å². The van der Waals surface area contributed by atoms with E-state index in [2.05, 4.69) is 44.2 Å². The summed E-state index contributed by atoms with van der Waals surface area (Å²) in [6.07, 6.45) is 1.49. The Morgan fingerprint density at radius 3 is 2.27 bits per heavy atom. The maximum absolute atomic E-state index is 13.3. The Balaban J connectivity index is 1.42. The van der Waals surface area contributed by atoms with Crippen LogP contribution in [-0.4, -0.2) is 36.4 Å². The van der Waals surface area contributed by atoms with E-state index in [0.29, 0.717) is 25.5 Å². The molecule has 2 N–H and O–H groups in total. The number of anilines is 2. The van der Waals surface area contributed by atoms with E-state index in [1.54, 1.807) is 18.2 Å². The quantitative estimate of drug-likeness (QED) is 0.309. The van der Waals surface area contributed by atoms with Gasteiger partial charge in [0.25, 0.3) is 10.0 Å². The molecule has 2 heterocycles. The number of hydrogen-bond donors (Lipinski definition) is 2. The first-order valence-corrected chi connectivity index (χ1v) is 14.1. The molecule has 0 atom stereocenters. The summed E-state index contributed by atoms with van der Waals surface area (Å²) in [5.41, 5.74) is 4.03. The molecule has 1 aliphatic heterocycles. The summed E-state index contributed by atoms with van der Waals surface area (Å²) in [7, 11) is -3.95. The van der Waals surface area contributed by atoms with E-state index < -0.39 is 10.0 Å². The van der Waals surface area contributed by atoms with E-state index in [0.717, 1.165) is 30.8 Å². The van der Waals surface area contributed by atoms with E-state index >= 15 is 0 Å². The highest BCUT2D eigenvalue weighted by Crippen LogP contribution is 2.29. The zero-order valence-corrected chi connectivity index (χ0v) is 21.8. The molecule has 1 aromatic heterocycles. The Morgan fingerprint density at radius 1 is 0.865 bits per heavy atom. The van der Waals surface area contributed by atoms with Gasteiger partial charge in [0.15, 0.2) is 0 Å². The van der Waals surface area contributed by atoms with Crippen LogP contribution in [0, 0.1) is 0 Å². The number of hydrogen-bond acceptors (Lipinski definition) is 6. The summed E-state index contributed by atoms with van der Waals surface area (Å²) < 4.78 is 29.3. The molecular weight excluding hydrogens is 506 g/mol. The van der Waals surface area contributed by atoms with Crippen LogP contribution < -0.4 is 10.0 Å². The van der Waals surface area contributed by atoms with Crippen LogP contribution in [0.25, 0.3) is 0 Å². The number of aromatic nitrogens is 2. The number of halogens is 1. The SMILES string of the molecule is O=S(=O)(Nc1nc(NCCc2ccccc2)nc2c1CN(Cc1ccccc1)CC2)c1ccccc1Cl. The van der Waals surface area contributed by atoms with Crippen molar-refractivity contribution in [1.82, 2.24) is 14.9 Å². The van der Waals surface area contributed by atoms with Crippen LogP contribution >= 0.6 is 11.6 Å². The van der Waals surface area contributed by atoms with Crippen molar-refractivity contribution in [1.29, 1.82) is 0 Å². The topological polar surface area (TPSA) is 87.2 Å². The molecule has 7 nitrogen and oxygen atoms in total. The predicted molar refractivity (Wildman–Crippen MR) is 147 cm³/mol. The highest BCUT2D eigenvalue weighted by molar-refractivity contribution is 7.92. The first kappa shape index (κ1) is 25.2. The molecule has 0 unspecified atom stereocenters. The third-order valence-corrected chi connectivity index (χ3v) is 8.12. The molecule has 37 heavy (non-hydrogen) atoms. The minimum atomic E-state index is -3.95. The van der Waals surface area contributed by atoms with Gasteiger partial charge in [0, 0.05) is 38.2 Å². The minimum absolute atomic E-state index is 0.0135. The molecule has 0 spiro atoms. The molecular formula is C28H28ClN5O2S. The third-order valence-electron chi connectivity index (χ3n) is 6.29. The highest BCUT2D eigenvalue weighted by Gasteiger charge is 2.26. The predicted octanol–water partition coefficient (Wildman–Crippen LogP) is 5.14. The lowest BCUT2D eigenvalue weighted by Gasteiger charge is -2.29. The number of rotatable bonds is 9. The van der Waals surface area contributed by atoms with Crippen molar-refractivity contribution in [3.05, 3.63) is 112 Å². The van der Waals surface area contributed by atoms with E-state index in [9.17, 15) is 8.42 Å². The maximum Gasteiger partial charge on any atom is 0.264 e. The number of nitrogens with one attached hydrogen (secondary N) is 2. The Labute approximate surface area is 222 Å². The molecule has 0 amide bonds. The van der Waals surface area contributed by atoms with Gasteiger partial charge in [-0.25, -0.2) is 13.4 Å². The van der Waals surface area contributed by atoms with Crippen LogP contribution in [0.2, 0.25) is 5.02 Å². The molecule has 4 aromatic rings. The average molecular weight is 534 g/mol. The molecule has 1 aliphatic rings. The number of sulfonamides is 1. The molecule has 3 aromatic carbocycles. The Morgan fingerprint density at radius 2 is 1.54 bits per heavy atom. The average Bonchev–Trinajstić information content (AvgIpc) is 2.90. The van der Waals surface area contributed by atoms with Gasteiger partial charge in [-0.3, -0.25) is 9.62 Å². The summed E-state index contributed by atoms with van der Waals surface area (Å²) >= 11 is 6.22. The lowest BCUT2D eigenvalue weighted by atomic mass is 10.1. The van der Waals surface area contributed by atoms with Gasteiger partial charge in [-0.15, -0.1) is 0 Å². The Hall–Kier alpha value is -3.46. The second-order valence-electron chi connectivity index (χ2n) is 8.97. The van der Waals surface area contributed by atoms with Crippen molar-refractivity contribution < 1.29 is 8.42 Å². The third kappa shape index (κ3) is 6.28. The highest BCUT2D eigenvalue weighted by atomic mass is 35.5. The summed E-state index contributed by atoms with van der Waals surface area (Å²) in [5.74, 6) is 0.688. The standard InChI is InChI=1S/C28H28ClN5O2S/c29-24-13-7-8-14-26(24)37(35,36)33-27-23-20-34(19-22-11-5-2-6-12-22)18-16-25(23)31-28(32-27)30-17-15-21-9-3-1-4-10-21/h1-14H,15-20H2,(H2,30,31,32,33). The summed E-state index contributed by atoms with van der Waals surface area (Å²) in [4.78, 5) is 11.7. The molecule has 0 saturated carbocycles. The minimum Gasteiger partial charge on any atom is -0.354 e. The summed E-state index contributed by atoms with van der Waals surface area (Å²) in [6, 6.07) is 26.7. The van der Waals surface area contributed by atoms with Gasteiger partial charge < -0.3 is 5.32 Å². The van der Waals surface area contributed by atoms with Crippen molar-refractivity contribution in [2.75, 3.05) is 23.1 Å². The van der Waals surface area contributed by atoms with Gasteiger partial charge in [0.1, 0.15) is 10.7 Å². The van der Waals surface area contributed by atoms with E-state index in [-0.39, 0.29) is 15.7 Å². The van der Waals surface area contributed by atoms with Crippen LogP contribution in [0.3, 0.4) is 0 Å². The van der Waals surface area contributed by atoms with E-state index in [1.807, 2.05) is 36.4 Å². The first-order chi connectivity index (χ1) is 18.0. The smallest absolute Gasteiger partial charge is 0.264 e. The largest absolute Gasteiger partial charge is 0.354 e. The molecule has 0 saturated heterocycles. The maximum atomic E-state index is 13.3. The van der Waals surface area contributed by atoms with Gasteiger partial charge in [-0.2, -0.15) is 4.98 Å². The zero-order valence-electron chi connectivity index (χ0n) is 20.3. The fourth-order valence-corrected chi connectivity index (χ4v) is 5.97. The van der Waals surface area contributed by atoms with E-state index in [4.69, 9.17) is 16.6 Å². The molecule has 0 fully saturated rings. The Bertz CT molecular complexity index is 1470. The van der Waals surface area contributed by atoms with Gasteiger partial charge in [0.2, 0.25) is 5.95 Å². The van der Waals surface area contributed by atoms with Crippen molar-refractivity contribution in [3.8, 4) is 0 Å². The lowest BCUT2D eigenvalue weighted by Crippen LogP contribution is -2.32. The van der Waals surface area contributed by atoms with Crippen molar-refractivity contribution in [2.24, 2.45) is 0 Å². The zero-order chi connectivity index (χ0) is 25.7. The normalized spacial score (nSPS) is 13.6. The second kappa shape index (κ2) is 11.3. The van der Waals surface area contributed by atoms with Gasteiger partial charge in [0.05, 0.1) is 10.7 Å². The number of benzene rings is 3. The number of nitrogens with zero attached hydrogens (tertiary/aromatic N) is 3. The summed E-state index contributed by atoms with van der Waals surface area (Å²) in [5, 5.41) is 3.43. The van der Waals surface area contributed by atoms with Crippen molar-refractivity contribution >= 4 is 33.4 Å². The molecule has 0 radical (unpaired) electrons. The lowest BCUT2D eigenvalue weighted by molar-refractivity contribution is 0.243. The van der Waals surface area contributed by atoms with Crippen molar-refractivity contribution in [2.45, 2.75) is 30.8 Å². The van der Waals surface area contributed by atoms with E-state index in [1.165, 1.54) is 17.2 Å². The molecule has 5 rings (SSSR count). The van der Waals surface area contributed by atoms with Gasteiger partial charge in [-0.1, -0.05) is 84.4 Å². The van der Waals surface area contributed by atoms with Gasteiger partial charge in [-0.05, 0) is 29.7 Å². The molecule has 9 heteroatoms. The van der Waals surface area contributed by atoms with Crippen LogP contribution in [-0.2, 0) is 36.0 Å². The number of fused-ring (bicyclic) bond motifs is 1. The van der Waals surface area contributed by atoms with Crippen LogP contribution in [0.1, 0.15) is 22.4 Å². The van der Waals surface area contributed by atoms with Crippen LogP contribution in [0.4, 0.5) is 11.8 Å². The van der Waals surface area contributed by atoms with Crippen LogP contribution in [0.15, 0.2) is 89.8 Å². The fourth-order valence-electron chi connectivity index (χ4n) is 4.42. The molecule has 190 valence electrons. The Kier molecular flexibility index (Phi) is 7.69.